The Balaban J connectivity index is 1.31. The number of carbonyl (C=O) groups is 1. The van der Waals surface area contributed by atoms with Gasteiger partial charge in [0.1, 0.15) is 5.82 Å². The van der Waals surface area contributed by atoms with Crippen LogP contribution in [0.2, 0.25) is 0 Å². The first-order valence-electron chi connectivity index (χ1n) is 12.4. The normalized spacial score (nSPS) is 19.3. The first-order valence-corrected chi connectivity index (χ1v) is 13.8. The summed E-state index contributed by atoms with van der Waals surface area (Å²) in [6.07, 6.45) is 3.59. The minimum Gasteiger partial charge on any atom is -0.356 e. The van der Waals surface area contributed by atoms with Gasteiger partial charge in [0.15, 0.2) is 0 Å². The van der Waals surface area contributed by atoms with Gasteiger partial charge in [-0.25, -0.2) is 13.4 Å². The highest BCUT2D eigenvalue weighted by Crippen LogP contribution is 2.28. The van der Waals surface area contributed by atoms with Gasteiger partial charge in [0.05, 0.1) is 16.3 Å². The number of rotatable bonds is 5. The van der Waals surface area contributed by atoms with E-state index in [1.54, 1.807) is 22.5 Å². The monoisotopic (exact) mass is 492 g/mol. The molecule has 2 aromatic carbocycles. The first kappa shape index (κ1) is 23.8. The molecule has 1 N–H and O–H groups in total. The summed E-state index contributed by atoms with van der Waals surface area (Å²) in [5, 5.41) is 3.91. The number of carbonyl (C=O) groups excluding carboxylic acids is 1. The van der Waals surface area contributed by atoms with Crippen molar-refractivity contribution in [2.24, 2.45) is 5.92 Å². The number of pyridine rings is 1. The second-order valence-corrected chi connectivity index (χ2v) is 11.7. The number of nitrogens with one attached hydrogen (secondary N) is 1. The van der Waals surface area contributed by atoms with E-state index >= 15 is 0 Å². The molecule has 0 spiro atoms. The summed E-state index contributed by atoms with van der Waals surface area (Å²) in [5.74, 6) is 0.741. The third kappa shape index (κ3) is 4.90. The highest BCUT2D eigenvalue weighted by molar-refractivity contribution is 7.89. The summed E-state index contributed by atoms with van der Waals surface area (Å²) in [6, 6.07) is 15.1. The highest BCUT2D eigenvalue weighted by atomic mass is 32.2. The zero-order valence-corrected chi connectivity index (χ0v) is 21.1. The molecule has 3 aromatic rings. The average Bonchev–Trinajstić information content (AvgIpc) is 3.41. The van der Waals surface area contributed by atoms with Crippen molar-refractivity contribution in [2.45, 2.75) is 44.4 Å². The lowest BCUT2D eigenvalue weighted by Crippen LogP contribution is -2.41. The van der Waals surface area contributed by atoms with Crippen LogP contribution in [0.3, 0.4) is 0 Å². The summed E-state index contributed by atoms with van der Waals surface area (Å²) < 4.78 is 27.4. The topological polar surface area (TPSA) is 82.6 Å². The van der Waals surface area contributed by atoms with Crippen LogP contribution in [-0.2, 0) is 14.8 Å². The van der Waals surface area contributed by atoms with E-state index in [1.807, 2.05) is 38.1 Å². The van der Waals surface area contributed by atoms with Gasteiger partial charge in [-0.1, -0.05) is 17.7 Å². The molecule has 184 valence electrons. The van der Waals surface area contributed by atoms with Crippen LogP contribution in [0.4, 0.5) is 11.5 Å². The Morgan fingerprint density at radius 1 is 0.971 bits per heavy atom. The molecule has 5 rings (SSSR count). The van der Waals surface area contributed by atoms with E-state index in [-0.39, 0.29) is 11.8 Å². The molecule has 1 aromatic heterocycles. The average molecular weight is 493 g/mol. The van der Waals surface area contributed by atoms with Gasteiger partial charge in [-0.15, -0.1) is 0 Å². The van der Waals surface area contributed by atoms with E-state index < -0.39 is 10.0 Å². The molecule has 8 heteroatoms. The fraction of sp³-hybridized carbons (Fsp3) is 0.407. The van der Waals surface area contributed by atoms with Gasteiger partial charge < -0.3 is 10.2 Å². The van der Waals surface area contributed by atoms with Crippen LogP contribution >= 0.6 is 0 Å². The number of sulfonamides is 1. The Labute approximate surface area is 207 Å². The minimum atomic E-state index is -3.46. The van der Waals surface area contributed by atoms with Crippen LogP contribution in [0, 0.1) is 19.8 Å². The van der Waals surface area contributed by atoms with E-state index in [2.05, 4.69) is 16.3 Å². The zero-order chi connectivity index (χ0) is 24.6. The predicted octanol–water partition coefficient (Wildman–Crippen LogP) is 4.49. The summed E-state index contributed by atoms with van der Waals surface area (Å²) in [7, 11) is -3.46. The lowest BCUT2D eigenvalue weighted by atomic mass is 9.96. The number of hydrogen-bond acceptors (Lipinski definition) is 5. The molecule has 2 aliphatic rings. The fourth-order valence-electron chi connectivity index (χ4n) is 5.09. The van der Waals surface area contributed by atoms with Crippen molar-refractivity contribution in [3.8, 4) is 0 Å². The number of anilines is 2. The van der Waals surface area contributed by atoms with Gasteiger partial charge in [0.2, 0.25) is 15.9 Å². The van der Waals surface area contributed by atoms with Crippen LogP contribution in [-0.4, -0.2) is 49.8 Å². The van der Waals surface area contributed by atoms with Gasteiger partial charge >= 0.3 is 0 Å². The fourth-order valence-corrected chi connectivity index (χ4v) is 6.65. The van der Waals surface area contributed by atoms with E-state index in [9.17, 15) is 13.2 Å². The molecule has 2 saturated heterocycles. The van der Waals surface area contributed by atoms with Crippen LogP contribution in [0.1, 0.15) is 36.8 Å². The van der Waals surface area contributed by atoms with Crippen molar-refractivity contribution in [1.29, 1.82) is 0 Å². The van der Waals surface area contributed by atoms with Gasteiger partial charge in [0.25, 0.3) is 0 Å². The van der Waals surface area contributed by atoms with Gasteiger partial charge in [-0.2, -0.15) is 4.31 Å². The number of piperidine rings is 1. The molecule has 0 radical (unpaired) electrons. The molecule has 2 aliphatic heterocycles. The van der Waals surface area contributed by atoms with Gasteiger partial charge in [-0.05, 0) is 81.5 Å². The SMILES string of the molecule is Cc1ccc(NC(=O)[C@H]2CCCN(c3ccc4cc(S(=O)(=O)N5CCCC5)ccc4n3)C2)c(C)c1. The summed E-state index contributed by atoms with van der Waals surface area (Å²) in [5.41, 5.74) is 3.85. The number of aromatic nitrogens is 1. The predicted molar refractivity (Wildman–Crippen MR) is 139 cm³/mol. The Morgan fingerprint density at radius 2 is 1.77 bits per heavy atom. The largest absolute Gasteiger partial charge is 0.356 e. The van der Waals surface area contributed by atoms with Crippen LogP contribution < -0.4 is 10.2 Å². The molecule has 0 aliphatic carbocycles. The van der Waals surface area contributed by atoms with Crippen LogP contribution in [0.5, 0.6) is 0 Å². The Kier molecular flexibility index (Phi) is 6.51. The first-order chi connectivity index (χ1) is 16.8. The highest BCUT2D eigenvalue weighted by Gasteiger charge is 2.29. The lowest BCUT2D eigenvalue weighted by Gasteiger charge is -2.33. The molecule has 0 unspecified atom stereocenters. The molecule has 0 bridgehead atoms. The second kappa shape index (κ2) is 9.59. The van der Waals surface area contributed by atoms with Crippen LogP contribution in [0.25, 0.3) is 10.9 Å². The molecule has 35 heavy (non-hydrogen) atoms. The quantitative estimate of drug-likeness (QED) is 0.567. The molecule has 1 atom stereocenters. The summed E-state index contributed by atoms with van der Waals surface area (Å²) in [6.45, 7) is 6.68. The van der Waals surface area contributed by atoms with Crippen molar-refractivity contribution >= 4 is 38.3 Å². The molecule has 2 fully saturated rings. The maximum Gasteiger partial charge on any atom is 0.243 e. The van der Waals surface area contributed by atoms with Crippen molar-refractivity contribution in [3.05, 3.63) is 59.7 Å². The van der Waals surface area contributed by atoms with Crippen molar-refractivity contribution in [2.75, 3.05) is 36.4 Å². The minimum absolute atomic E-state index is 0.0409. The van der Waals surface area contributed by atoms with E-state index in [0.717, 1.165) is 60.2 Å². The maximum atomic E-state index is 13.0. The number of aryl methyl sites for hydroxylation is 2. The number of hydrogen-bond donors (Lipinski definition) is 1. The van der Waals surface area contributed by atoms with E-state index in [4.69, 9.17) is 4.98 Å². The Bertz CT molecular complexity index is 1370. The Hall–Kier alpha value is -2.97. The molecular weight excluding hydrogens is 460 g/mol. The lowest BCUT2D eigenvalue weighted by molar-refractivity contribution is -0.120. The second-order valence-electron chi connectivity index (χ2n) is 9.73. The zero-order valence-electron chi connectivity index (χ0n) is 20.3. The molecule has 1 amide bonds. The molecule has 0 saturated carbocycles. The smallest absolute Gasteiger partial charge is 0.243 e. The number of nitrogens with zero attached hydrogens (tertiary/aromatic N) is 3. The molecule has 7 nitrogen and oxygen atoms in total. The third-order valence-corrected chi connectivity index (χ3v) is 9.00. The summed E-state index contributed by atoms with van der Waals surface area (Å²) in [4.78, 5) is 20.3. The van der Waals surface area contributed by atoms with Crippen LogP contribution in [0.15, 0.2) is 53.4 Å². The number of fused-ring (bicyclic) bond motifs is 1. The van der Waals surface area contributed by atoms with Crippen molar-refractivity contribution < 1.29 is 13.2 Å². The van der Waals surface area contributed by atoms with Gasteiger partial charge in [-0.3, -0.25) is 4.79 Å². The maximum absolute atomic E-state index is 13.0. The number of benzene rings is 2. The van der Waals surface area contributed by atoms with E-state index in [1.165, 1.54) is 5.56 Å². The standard InChI is InChI=1S/C27H32N4O3S/c1-19-7-10-24(20(2)16-19)29-27(32)22-6-5-13-30(18-22)26-12-8-21-17-23(9-11-25(21)28-26)35(33,34)31-14-3-4-15-31/h7-12,16-17,22H,3-6,13-15,18H2,1-2H3,(H,29,32)/t22-/m0/s1. The van der Waals surface area contributed by atoms with Crippen molar-refractivity contribution in [3.63, 3.8) is 0 Å². The van der Waals surface area contributed by atoms with Crippen molar-refractivity contribution in [1.82, 2.24) is 9.29 Å². The molecule has 3 heterocycles. The third-order valence-electron chi connectivity index (χ3n) is 7.10. The Morgan fingerprint density at radius 3 is 2.54 bits per heavy atom. The molecular formula is C27H32N4O3S. The number of amides is 1. The summed E-state index contributed by atoms with van der Waals surface area (Å²) >= 11 is 0. The van der Waals surface area contributed by atoms with E-state index in [0.29, 0.717) is 24.5 Å². The van der Waals surface area contributed by atoms with Gasteiger partial charge in [0, 0.05) is 37.3 Å².